The minimum Gasteiger partial charge on any atom is -0.343 e. The number of hydrogen-bond acceptors (Lipinski definition) is 2. The second kappa shape index (κ2) is 9.09. The van der Waals surface area contributed by atoms with Crippen molar-refractivity contribution in [2.75, 3.05) is 0 Å². The highest BCUT2D eigenvalue weighted by Crippen LogP contribution is 2.36. The van der Waals surface area contributed by atoms with Gasteiger partial charge in [0, 0.05) is 67.9 Å². The van der Waals surface area contributed by atoms with Crippen molar-refractivity contribution in [3.05, 3.63) is 128 Å². The Morgan fingerprint density at radius 2 is 0.850 bits per heavy atom. The Morgan fingerprint density at radius 3 is 1.25 bits per heavy atom. The third kappa shape index (κ3) is 3.46. The topological polar surface area (TPSA) is 44.0 Å². The van der Waals surface area contributed by atoms with Crippen LogP contribution in [0.15, 0.2) is 107 Å². The molecule has 0 N–H and O–H groups in total. The van der Waals surface area contributed by atoms with Crippen LogP contribution in [0.5, 0.6) is 0 Å². The molecule has 6 heteroatoms. The fourth-order valence-electron chi connectivity index (χ4n) is 6.00. The maximum absolute atomic E-state index is 14.0. The maximum atomic E-state index is 14.0. The molecule has 0 aliphatic heterocycles. The molecule has 2 heterocycles. The highest BCUT2D eigenvalue weighted by Gasteiger charge is 2.19. The largest absolute Gasteiger partial charge is 0.343 e. The van der Waals surface area contributed by atoms with E-state index in [0.717, 1.165) is 33.3 Å². The van der Waals surface area contributed by atoms with E-state index < -0.39 is 0 Å². The highest BCUT2D eigenvalue weighted by molar-refractivity contribution is 6.34. The number of benzene rings is 5. The molecule has 40 heavy (non-hydrogen) atoms. The van der Waals surface area contributed by atoms with Crippen LogP contribution in [-0.2, 0) is 14.1 Å². The summed E-state index contributed by atoms with van der Waals surface area (Å²) in [5, 5.41) is 3.49. The Labute approximate surface area is 239 Å². The predicted molar refractivity (Wildman–Crippen MR) is 168 cm³/mol. The van der Waals surface area contributed by atoms with Crippen LogP contribution in [0.2, 0.25) is 10.0 Å². The van der Waals surface area contributed by atoms with Crippen molar-refractivity contribution in [3.63, 3.8) is 0 Å². The van der Waals surface area contributed by atoms with Crippen LogP contribution in [0.3, 0.4) is 0 Å². The van der Waals surface area contributed by atoms with E-state index in [4.69, 9.17) is 23.2 Å². The number of rotatable bonds is 2. The van der Waals surface area contributed by atoms with Gasteiger partial charge in [-0.25, -0.2) is 0 Å². The maximum Gasteiger partial charge on any atom is 0.197 e. The van der Waals surface area contributed by atoms with E-state index in [-0.39, 0.29) is 10.9 Å². The number of para-hydroxylation sites is 2. The lowest BCUT2D eigenvalue weighted by atomic mass is 9.97. The summed E-state index contributed by atoms with van der Waals surface area (Å²) in [7, 11) is 3.86. The highest BCUT2D eigenvalue weighted by atomic mass is 35.5. The molecule has 0 bridgehead atoms. The van der Waals surface area contributed by atoms with Crippen molar-refractivity contribution in [2.45, 2.75) is 0 Å². The van der Waals surface area contributed by atoms with E-state index in [1.807, 2.05) is 120 Å². The first-order valence-electron chi connectivity index (χ1n) is 12.9. The minimum absolute atomic E-state index is 0.0918. The summed E-state index contributed by atoms with van der Waals surface area (Å²) in [5.74, 6) is 0. The van der Waals surface area contributed by atoms with Gasteiger partial charge in [-0.1, -0.05) is 83.9 Å². The van der Waals surface area contributed by atoms with Crippen molar-refractivity contribution in [1.29, 1.82) is 0 Å². The van der Waals surface area contributed by atoms with Crippen molar-refractivity contribution >= 4 is 66.8 Å². The fourth-order valence-corrected chi connectivity index (χ4v) is 6.47. The summed E-state index contributed by atoms with van der Waals surface area (Å²) in [6.07, 6.45) is 0. The van der Waals surface area contributed by atoms with Gasteiger partial charge in [0.1, 0.15) is 0 Å². The first-order valence-corrected chi connectivity index (χ1v) is 13.6. The molecule has 7 rings (SSSR count). The van der Waals surface area contributed by atoms with Gasteiger partial charge < -0.3 is 9.13 Å². The van der Waals surface area contributed by atoms with E-state index in [2.05, 4.69) is 0 Å². The third-order valence-corrected chi connectivity index (χ3v) is 8.55. The van der Waals surface area contributed by atoms with Gasteiger partial charge in [0.2, 0.25) is 0 Å². The number of fused-ring (bicyclic) bond motifs is 4. The molecule has 5 aromatic carbocycles. The summed E-state index contributed by atoms with van der Waals surface area (Å²) in [4.78, 5) is 28.0. The van der Waals surface area contributed by atoms with Crippen molar-refractivity contribution in [2.24, 2.45) is 14.1 Å². The van der Waals surface area contributed by atoms with Crippen LogP contribution in [0, 0.1) is 0 Å². The van der Waals surface area contributed by atoms with E-state index >= 15 is 0 Å². The smallest absolute Gasteiger partial charge is 0.197 e. The van der Waals surface area contributed by atoms with Crippen LogP contribution in [-0.4, -0.2) is 9.13 Å². The van der Waals surface area contributed by atoms with Crippen LogP contribution in [0.25, 0.3) is 65.9 Å². The zero-order chi connectivity index (χ0) is 27.7. The van der Waals surface area contributed by atoms with E-state index in [0.29, 0.717) is 42.6 Å². The summed E-state index contributed by atoms with van der Waals surface area (Å²) in [6, 6.07) is 30.3. The monoisotopic (exact) mass is 560 g/mol. The Hall–Kier alpha value is -4.38. The number of halogens is 2. The molecule has 0 atom stereocenters. The summed E-state index contributed by atoms with van der Waals surface area (Å²) in [5.41, 5.74) is 6.14. The van der Waals surface area contributed by atoms with Crippen molar-refractivity contribution in [3.8, 4) is 22.3 Å². The molecule has 0 saturated carbocycles. The average Bonchev–Trinajstić information content (AvgIpc) is 2.98. The van der Waals surface area contributed by atoms with Gasteiger partial charge in [-0.3, -0.25) is 9.59 Å². The molecule has 4 nitrogen and oxygen atoms in total. The molecule has 0 unspecified atom stereocenters. The molecule has 0 amide bonds. The zero-order valence-electron chi connectivity index (χ0n) is 21.7. The van der Waals surface area contributed by atoms with Gasteiger partial charge in [0.15, 0.2) is 10.9 Å². The van der Waals surface area contributed by atoms with Gasteiger partial charge in [-0.05, 0) is 36.4 Å². The normalized spacial score (nSPS) is 11.7. The van der Waals surface area contributed by atoms with E-state index in [1.54, 1.807) is 0 Å². The second-order valence-corrected chi connectivity index (χ2v) is 10.8. The third-order valence-electron chi connectivity index (χ3n) is 7.89. The number of aromatic nitrogens is 2. The lowest BCUT2D eigenvalue weighted by Gasteiger charge is -2.18. The number of pyridine rings is 2. The molecular weight excluding hydrogens is 539 g/mol. The standard InChI is InChI=1S/C34H22Cl2N2O2/c1-37-29-17-26-30(38(2)32-22(12-8-14-24(32)34(26)40)20-10-4-6-16-28(20)36)18-25(29)33(39)23-13-7-11-21(31(23)37)19-9-3-5-15-27(19)35/h3-18H,1-2H3. The van der Waals surface area contributed by atoms with Gasteiger partial charge in [-0.15, -0.1) is 0 Å². The number of hydrogen-bond donors (Lipinski definition) is 0. The second-order valence-electron chi connectivity index (χ2n) is 10.0. The Morgan fingerprint density at radius 1 is 0.475 bits per heavy atom. The van der Waals surface area contributed by atoms with E-state index in [1.165, 1.54) is 0 Å². The summed E-state index contributed by atoms with van der Waals surface area (Å²) < 4.78 is 3.99. The number of nitrogens with zero attached hydrogens (tertiary/aromatic N) is 2. The Kier molecular flexibility index (Phi) is 5.60. The van der Waals surface area contributed by atoms with Crippen LogP contribution in [0.4, 0.5) is 0 Å². The average molecular weight is 561 g/mol. The molecule has 0 saturated heterocycles. The first-order chi connectivity index (χ1) is 19.4. The molecule has 0 fully saturated rings. The van der Waals surface area contributed by atoms with Crippen LogP contribution < -0.4 is 10.9 Å². The SMILES string of the molecule is Cn1c2cc3c(=O)c4cccc(-c5ccccc5Cl)c4n(C)c3cc2c(=O)c2cccc(-c3ccccc3Cl)c21. The van der Waals surface area contributed by atoms with Gasteiger partial charge in [-0.2, -0.15) is 0 Å². The molecule has 194 valence electrons. The molecule has 0 aliphatic rings. The fraction of sp³-hybridized carbons (Fsp3) is 0.0588. The zero-order valence-corrected chi connectivity index (χ0v) is 23.2. The van der Waals surface area contributed by atoms with Gasteiger partial charge in [0.05, 0.1) is 22.1 Å². The van der Waals surface area contributed by atoms with Crippen molar-refractivity contribution in [1.82, 2.24) is 9.13 Å². The molecule has 7 aromatic rings. The summed E-state index contributed by atoms with van der Waals surface area (Å²) >= 11 is 13.1. The first kappa shape index (κ1) is 24.6. The molecular formula is C34H22Cl2N2O2. The lowest BCUT2D eigenvalue weighted by molar-refractivity contribution is 0.994. The minimum atomic E-state index is -0.0918. The van der Waals surface area contributed by atoms with Crippen LogP contribution >= 0.6 is 23.2 Å². The predicted octanol–water partition coefficient (Wildman–Crippen LogP) is 8.34. The van der Waals surface area contributed by atoms with E-state index in [9.17, 15) is 9.59 Å². The number of aryl methyl sites for hydroxylation is 2. The lowest BCUT2D eigenvalue weighted by Crippen LogP contribution is -2.14. The van der Waals surface area contributed by atoms with Gasteiger partial charge in [0.25, 0.3) is 0 Å². The summed E-state index contributed by atoms with van der Waals surface area (Å²) in [6.45, 7) is 0. The Balaban J connectivity index is 1.63. The Bertz CT molecular complexity index is 2150. The van der Waals surface area contributed by atoms with Crippen molar-refractivity contribution < 1.29 is 0 Å². The quantitative estimate of drug-likeness (QED) is 0.199. The van der Waals surface area contributed by atoms with Gasteiger partial charge >= 0.3 is 0 Å². The molecule has 0 spiro atoms. The molecule has 0 aliphatic carbocycles. The van der Waals surface area contributed by atoms with Crippen LogP contribution in [0.1, 0.15) is 0 Å². The molecule has 2 aromatic heterocycles. The molecule has 0 radical (unpaired) electrons.